The van der Waals surface area contributed by atoms with Gasteiger partial charge in [0.05, 0.1) is 23.9 Å². The van der Waals surface area contributed by atoms with Crippen molar-refractivity contribution in [3.8, 4) is 11.9 Å². The summed E-state index contributed by atoms with van der Waals surface area (Å²) < 4.78 is 5.83. The summed E-state index contributed by atoms with van der Waals surface area (Å²) in [5.41, 5.74) is 2.82. The molecule has 3 rings (SSSR count). The Bertz CT molecular complexity index is 700. The van der Waals surface area contributed by atoms with E-state index in [-0.39, 0.29) is 0 Å². The number of nitriles is 1. The molecule has 1 aromatic carbocycles. The molecule has 1 fully saturated rings. The molecule has 2 heterocycles. The molecule has 0 atom stereocenters. The fourth-order valence-electron chi connectivity index (χ4n) is 2.99. The van der Waals surface area contributed by atoms with E-state index in [2.05, 4.69) is 20.9 Å². The maximum absolute atomic E-state index is 8.85. The number of hydrogen-bond donors (Lipinski definition) is 0. The van der Waals surface area contributed by atoms with Gasteiger partial charge >= 0.3 is 0 Å². The predicted octanol–water partition coefficient (Wildman–Crippen LogP) is 2.95. The van der Waals surface area contributed by atoms with Crippen molar-refractivity contribution in [3.05, 3.63) is 53.5 Å². The highest BCUT2D eigenvalue weighted by Gasteiger charge is 2.20. The summed E-state index contributed by atoms with van der Waals surface area (Å²) in [6, 6.07) is 10.0. The van der Waals surface area contributed by atoms with Gasteiger partial charge in [0.2, 0.25) is 5.88 Å². The van der Waals surface area contributed by atoms with Crippen LogP contribution in [0.2, 0.25) is 0 Å². The minimum atomic E-state index is 0.573. The minimum Gasteiger partial charge on any atom is -0.476 e. The van der Waals surface area contributed by atoms with Gasteiger partial charge in [0, 0.05) is 18.9 Å². The Kier molecular flexibility index (Phi) is 5.39. The average Bonchev–Trinajstić information content (AvgIpc) is 2.63. The molecule has 0 bridgehead atoms. The molecule has 1 aliphatic rings. The van der Waals surface area contributed by atoms with Gasteiger partial charge in [-0.3, -0.25) is 9.88 Å². The second kappa shape index (κ2) is 7.89. The fraction of sp³-hybridized carbons (Fsp3) is 0.421. The molecule has 24 heavy (non-hydrogen) atoms. The molecule has 124 valence electrons. The van der Waals surface area contributed by atoms with Crippen LogP contribution in [0.1, 0.15) is 29.7 Å². The Labute approximate surface area is 142 Å². The van der Waals surface area contributed by atoms with Gasteiger partial charge < -0.3 is 4.74 Å². The van der Waals surface area contributed by atoms with Gasteiger partial charge in [0.1, 0.15) is 0 Å². The number of aromatic nitrogens is 2. The second-order valence-corrected chi connectivity index (χ2v) is 6.29. The Hall–Kier alpha value is -2.45. The highest BCUT2D eigenvalue weighted by molar-refractivity contribution is 5.31. The van der Waals surface area contributed by atoms with Crippen LogP contribution < -0.4 is 4.74 Å². The third-order valence-corrected chi connectivity index (χ3v) is 4.49. The molecule has 1 saturated heterocycles. The molecule has 1 aromatic heterocycles. The van der Waals surface area contributed by atoms with E-state index in [1.807, 2.05) is 31.2 Å². The largest absolute Gasteiger partial charge is 0.476 e. The molecule has 0 spiro atoms. The Balaban J connectivity index is 1.44. The van der Waals surface area contributed by atoms with Crippen LogP contribution in [0.3, 0.4) is 0 Å². The maximum Gasteiger partial charge on any atom is 0.235 e. The molecule has 0 amide bonds. The van der Waals surface area contributed by atoms with Gasteiger partial charge in [-0.05, 0) is 56.5 Å². The first-order valence-electron chi connectivity index (χ1n) is 8.36. The Morgan fingerprint density at radius 3 is 2.54 bits per heavy atom. The SMILES string of the molecule is Cc1nccnc1OCC1CCN(Cc2ccc(C#N)cc2)CC1. The van der Waals surface area contributed by atoms with Crippen LogP contribution in [0.5, 0.6) is 5.88 Å². The Morgan fingerprint density at radius 1 is 1.17 bits per heavy atom. The molecular weight excluding hydrogens is 300 g/mol. The molecular formula is C19H22N4O. The molecule has 0 unspecified atom stereocenters. The lowest BCUT2D eigenvalue weighted by Gasteiger charge is -2.31. The van der Waals surface area contributed by atoms with Crippen molar-refractivity contribution in [1.82, 2.24) is 14.9 Å². The molecule has 0 saturated carbocycles. The van der Waals surface area contributed by atoms with E-state index >= 15 is 0 Å². The van der Waals surface area contributed by atoms with Gasteiger partial charge in [0.25, 0.3) is 0 Å². The highest BCUT2D eigenvalue weighted by Crippen LogP contribution is 2.21. The summed E-state index contributed by atoms with van der Waals surface area (Å²) in [5.74, 6) is 1.22. The summed E-state index contributed by atoms with van der Waals surface area (Å²) in [6.07, 6.45) is 5.62. The number of rotatable bonds is 5. The highest BCUT2D eigenvalue weighted by atomic mass is 16.5. The Morgan fingerprint density at radius 2 is 1.88 bits per heavy atom. The van der Waals surface area contributed by atoms with Crippen LogP contribution in [0.4, 0.5) is 0 Å². The molecule has 0 N–H and O–H groups in total. The number of benzene rings is 1. The number of ether oxygens (including phenoxy) is 1. The van der Waals surface area contributed by atoms with Crippen molar-refractivity contribution >= 4 is 0 Å². The van der Waals surface area contributed by atoms with Gasteiger partial charge in [-0.2, -0.15) is 5.26 Å². The normalized spacial score (nSPS) is 15.8. The van der Waals surface area contributed by atoms with E-state index in [0.29, 0.717) is 24.0 Å². The van der Waals surface area contributed by atoms with E-state index in [1.54, 1.807) is 12.4 Å². The number of likely N-dealkylation sites (tertiary alicyclic amines) is 1. The monoisotopic (exact) mass is 322 g/mol. The van der Waals surface area contributed by atoms with Crippen LogP contribution in [0.15, 0.2) is 36.7 Å². The smallest absolute Gasteiger partial charge is 0.235 e. The molecule has 2 aromatic rings. The third kappa shape index (κ3) is 4.30. The molecule has 5 nitrogen and oxygen atoms in total. The van der Waals surface area contributed by atoms with E-state index in [1.165, 1.54) is 5.56 Å². The minimum absolute atomic E-state index is 0.573. The van der Waals surface area contributed by atoms with Crippen LogP contribution in [-0.4, -0.2) is 34.6 Å². The quantitative estimate of drug-likeness (QED) is 0.847. The maximum atomic E-state index is 8.85. The van der Waals surface area contributed by atoms with Crippen molar-refractivity contribution in [1.29, 1.82) is 5.26 Å². The van der Waals surface area contributed by atoms with Crippen LogP contribution in [-0.2, 0) is 6.54 Å². The van der Waals surface area contributed by atoms with E-state index in [4.69, 9.17) is 10.00 Å². The van der Waals surface area contributed by atoms with E-state index in [9.17, 15) is 0 Å². The van der Waals surface area contributed by atoms with E-state index in [0.717, 1.165) is 38.2 Å². The van der Waals surface area contributed by atoms with Crippen molar-refractivity contribution in [2.24, 2.45) is 5.92 Å². The first-order chi connectivity index (χ1) is 11.7. The first-order valence-corrected chi connectivity index (χ1v) is 8.36. The lowest BCUT2D eigenvalue weighted by molar-refractivity contribution is 0.134. The summed E-state index contributed by atoms with van der Waals surface area (Å²) >= 11 is 0. The number of piperidine rings is 1. The summed E-state index contributed by atoms with van der Waals surface area (Å²) in [6.45, 7) is 5.73. The van der Waals surface area contributed by atoms with Gasteiger partial charge in [-0.1, -0.05) is 12.1 Å². The lowest BCUT2D eigenvalue weighted by Crippen LogP contribution is -2.35. The van der Waals surface area contributed by atoms with Gasteiger partial charge in [-0.25, -0.2) is 4.98 Å². The van der Waals surface area contributed by atoms with Crippen LogP contribution in [0.25, 0.3) is 0 Å². The zero-order valence-corrected chi connectivity index (χ0v) is 14.0. The average molecular weight is 322 g/mol. The van der Waals surface area contributed by atoms with Crippen molar-refractivity contribution in [2.45, 2.75) is 26.3 Å². The van der Waals surface area contributed by atoms with Crippen LogP contribution >= 0.6 is 0 Å². The molecule has 1 aliphatic heterocycles. The van der Waals surface area contributed by atoms with Gasteiger partial charge in [-0.15, -0.1) is 0 Å². The molecule has 0 aliphatic carbocycles. The first kappa shape index (κ1) is 16.4. The standard InChI is InChI=1S/C19H22N4O/c1-15-19(22-9-8-21-15)24-14-18-6-10-23(11-7-18)13-17-4-2-16(12-20)3-5-17/h2-5,8-9,18H,6-7,10-11,13-14H2,1H3. The number of aryl methyl sites for hydroxylation is 1. The van der Waals surface area contributed by atoms with E-state index < -0.39 is 0 Å². The zero-order chi connectivity index (χ0) is 16.8. The molecule has 0 radical (unpaired) electrons. The number of nitrogens with zero attached hydrogens (tertiary/aromatic N) is 4. The van der Waals surface area contributed by atoms with Crippen molar-refractivity contribution in [3.63, 3.8) is 0 Å². The molecule has 5 heteroatoms. The van der Waals surface area contributed by atoms with Gasteiger partial charge in [0.15, 0.2) is 0 Å². The fourth-order valence-corrected chi connectivity index (χ4v) is 2.99. The number of hydrogen-bond acceptors (Lipinski definition) is 5. The summed E-state index contributed by atoms with van der Waals surface area (Å²) in [4.78, 5) is 10.9. The lowest BCUT2D eigenvalue weighted by atomic mass is 9.97. The summed E-state index contributed by atoms with van der Waals surface area (Å²) in [7, 11) is 0. The van der Waals surface area contributed by atoms with Crippen LogP contribution in [0, 0.1) is 24.2 Å². The second-order valence-electron chi connectivity index (χ2n) is 6.29. The third-order valence-electron chi connectivity index (χ3n) is 4.49. The van der Waals surface area contributed by atoms with Crippen molar-refractivity contribution in [2.75, 3.05) is 19.7 Å². The zero-order valence-electron chi connectivity index (χ0n) is 14.0. The topological polar surface area (TPSA) is 62.0 Å². The predicted molar refractivity (Wildman–Crippen MR) is 91.4 cm³/mol. The van der Waals surface area contributed by atoms with Crippen molar-refractivity contribution < 1.29 is 4.74 Å². The summed E-state index contributed by atoms with van der Waals surface area (Å²) in [5, 5.41) is 8.85.